The van der Waals surface area contributed by atoms with Crippen molar-refractivity contribution in [2.45, 2.75) is 0 Å². The summed E-state index contributed by atoms with van der Waals surface area (Å²) in [5, 5.41) is 11.3. The van der Waals surface area contributed by atoms with Crippen molar-refractivity contribution in [1.29, 1.82) is 0 Å². The van der Waals surface area contributed by atoms with Crippen LogP contribution in [0, 0.1) is 0 Å². The minimum atomic E-state index is 0.564. The first-order valence-electron chi connectivity index (χ1n) is 20.9. The summed E-state index contributed by atoms with van der Waals surface area (Å²) in [7, 11) is 0. The maximum Gasteiger partial charge on any atom is 0.166 e. The Hall–Kier alpha value is -8.41. The van der Waals surface area contributed by atoms with E-state index in [0.29, 0.717) is 17.5 Å². The third-order valence-corrected chi connectivity index (χ3v) is 12.4. The highest BCUT2D eigenvalue weighted by Gasteiger charge is 2.25. The lowest BCUT2D eigenvalue weighted by atomic mass is 10.0. The number of rotatable bonds is 5. The Morgan fingerprint density at radius 2 is 0.952 bits per heavy atom. The fourth-order valence-corrected chi connectivity index (χ4v) is 9.55. The van der Waals surface area contributed by atoms with E-state index < -0.39 is 0 Å². The van der Waals surface area contributed by atoms with Gasteiger partial charge >= 0.3 is 0 Å². The van der Waals surface area contributed by atoms with Gasteiger partial charge in [-0.2, -0.15) is 0 Å². The Kier molecular flexibility index (Phi) is 7.54. The minimum absolute atomic E-state index is 0.564. The second kappa shape index (κ2) is 13.6. The lowest BCUT2D eigenvalue weighted by molar-refractivity contribution is 0.669. The zero-order valence-corrected chi connectivity index (χ0v) is 33.3. The number of fused-ring (bicyclic) bond motifs is 10. The van der Waals surface area contributed by atoms with Crippen LogP contribution in [0.15, 0.2) is 211 Å². The van der Waals surface area contributed by atoms with Crippen molar-refractivity contribution in [2.75, 3.05) is 0 Å². The van der Waals surface area contributed by atoms with Gasteiger partial charge in [-0.3, -0.25) is 0 Å². The van der Waals surface area contributed by atoms with E-state index in [1.807, 2.05) is 18.2 Å². The molecular weight excluding hydrogens is 757 g/mol. The number of nitrogens with zero attached hydrogens (tertiary/aromatic N) is 4. The van der Waals surface area contributed by atoms with Gasteiger partial charge < -0.3 is 8.98 Å². The van der Waals surface area contributed by atoms with Gasteiger partial charge in [0, 0.05) is 32.7 Å². The molecule has 0 saturated carbocycles. The first-order valence-corrected chi connectivity index (χ1v) is 20.9. The predicted molar refractivity (Wildman–Crippen MR) is 256 cm³/mol. The van der Waals surface area contributed by atoms with Crippen LogP contribution >= 0.6 is 0 Å². The van der Waals surface area contributed by atoms with Crippen molar-refractivity contribution >= 4 is 76.1 Å². The molecular formula is C57H34N4O. The van der Waals surface area contributed by atoms with Crippen LogP contribution in [0.4, 0.5) is 0 Å². The second-order valence-corrected chi connectivity index (χ2v) is 15.9. The monoisotopic (exact) mass is 790 g/mol. The quantitative estimate of drug-likeness (QED) is 0.174. The van der Waals surface area contributed by atoms with Crippen molar-refractivity contribution in [3.63, 3.8) is 0 Å². The molecule has 3 aromatic heterocycles. The van der Waals surface area contributed by atoms with Gasteiger partial charge in [0.15, 0.2) is 17.5 Å². The molecule has 10 aromatic carbocycles. The van der Waals surface area contributed by atoms with E-state index in [4.69, 9.17) is 19.4 Å². The van der Waals surface area contributed by atoms with Crippen LogP contribution in [0.3, 0.4) is 0 Å². The van der Waals surface area contributed by atoms with E-state index in [0.717, 1.165) is 77.2 Å². The average molecular weight is 791 g/mol. The Labute approximate surface area is 355 Å². The highest BCUT2D eigenvalue weighted by atomic mass is 16.3. The van der Waals surface area contributed by atoms with Gasteiger partial charge in [0.05, 0.1) is 22.3 Å². The molecule has 288 valence electrons. The Morgan fingerprint density at radius 3 is 1.77 bits per heavy atom. The summed E-state index contributed by atoms with van der Waals surface area (Å²) >= 11 is 0. The molecule has 0 radical (unpaired) electrons. The molecule has 3 heterocycles. The molecule has 0 bridgehead atoms. The molecule has 0 aliphatic heterocycles. The SMILES string of the molecule is c1ccc(-c2ccc(-c3nc(-c4cccc5ccccc45)nc(-c4c(-n5c6cc7ccccc7cc6c6c7ccccc7ccc65)ccc5oc6ccccc6c45)n3)cc2)cc1. The van der Waals surface area contributed by atoms with Gasteiger partial charge in [0.25, 0.3) is 0 Å². The standard InChI is InChI=1S/C57H34N4O/c1-2-13-35(14-3-1)36-25-27-39(28-26-36)55-58-56(44-23-12-19-37-15-6-8-20-42(37)44)60-57(59-55)54-48(31-32-51-53(54)45-22-10-11-24-50(45)62-51)61-47-30-29-38-16-7-9-21-43(38)52(47)46-33-40-17-4-5-18-41(40)34-49(46)61/h1-34H. The highest BCUT2D eigenvalue weighted by molar-refractivity contribution is 6.24. The van der Waals surface area contributed by atoms with Crippen molar-refractivity contribution in [1.82, 2.24) is 19.5 Å². The van der Waals surface area contributed by atoms with Crippen LogP contribution in [0.1, 0.15) is 0 Å². The molecule has 13 aromatic rings. The molecule has 0 unspecified atom stereocenters. The number of hydrogen-bond donors (Lipinski definition) is 0. The van der Waals surface area contributed by atoms with E-state index in [1.165, 1.54) is 32.3 Å². The third kappa shape index (κ3) is 5.32. The Bertz CT molecular complexity index is 3910. The van der Waals surface area contributed by atoms with Crippen molar-refractivity contribution in [3.05, 3.63) is 206 Å². The molecule has 62 heavy (non-hydrogen) atoms. The zero-order chi connectivity index (χ0) is 40.7. The number of furan rings is 1. The van der Waals surface area contributed by atoms with Gasteiger partial charge in [-0.15, -0.1) is 0 Å². The summed E-state index contributed by atoms with van der Waals surface area (Å²) in [6, 6.07) is 72.7. The van der Waals surface area contributed by atoms with Crippen LogP contribution < -0.4 is 0 Å². The summed E-state index contributed by atoms with van der Waals surface area (Å²) in [6.45, 7) is 0. The van der Waals surface area contributed by atoms with Crippen LogP contribution in [-0.2, 0) is 0 Å². The maximum absolute atomic E-state index is 6.64. The van der Waals surface area contributed by atoms with Crippen LogP contribution in [-0.4, -0.2) is 19.5 Å². The van der Waals surface area contributed by atoms with Gasteiger partial charge in [-0.1, -0.05) is 170 Å². The Morgan fingerprint density at radius 1 is 0.339 bits per heavy atom. The third-order valence-electron chi connectivity index (χ3n) is 12.4. The predicted octanol–water partition coefficient (Wildman–Crippen LogP) is 15.0. The largest absolute Gasteiger partial charge is 0.456 e. The van der Waals surface area contributed by atoms with Gasteiger partial charge in [-0.25, -0.2) is 15.0 Å². The maximum atomic E-state index is 6.64. The molecule has 5 heteroatoms. The van der Waals surface area contributed by atoms with Gasteiger partial charge in [0.1, 0.15) is 11.2 Å². The topological polar surface area (TPSA) is 56.7 Å². The average Bonchev–Trinajstić information content (AvgIpc) is 3.88. The molecule has 0 N–H and O–H groups in total. The molecule has 0 aliphatic rings. The summed E-state index contributed by atoms with van der Waals surface area (Å²) in [5.41, 5.74) is 9.72. The molecule has 13 rings (SSSR count). The van der Waals surface area contributed by atoms with Gasteiger partial charge in [-0.05, 0) is 79.8 Å². The normalized spacial score (nSPS) is 11.9. The first kappa shape index (κ1) is 34.5. The minimum Gasteiger partial charge on any atom is -0.456 e. The molecule has 0 amide bonds. The molecule has 0 aliphatic carbocycles. The van der Waals surface area contributed by atoms with Crippen molar-refractivity contribution in [3.8, 4) is 51.0 Å². The van der Waals surface area contributed by atoms with Crippen LogP contribution in [0.5, 0.6) is 0 Å². The summed E-state index contributed by atoms with van der Waals surface area (Å²) in [5.74, 6) is 1.75. The van der Waals surface area contributed by atoms with E-state index >= 15 is 0 Å². The number of para-hydroxylation sites is 1. The molecule has 0 spiro atoms. The Balaban J connectivity index is 1.16. The zero-order valence-electron chi connectivity index (χ0n) is 33.3. The molecule has 0 atom stereocenters. The number of benzene rings is 10. The van der Waals surface area contributed by atoms with Crippen LogP contribution in [0.25, 0.3) is 127 Å². The van der Waals surface area contributed by atoms with E-state index in [2.05, 4.69) is 193 Å². The summed E-state index contributed by atoms with van der Waals surface area (Å²) < 4.78 is 9.05. The van der Waals surface area contributed by atoms with E-state index in [-0.39, 0.29) is 0 Å². The fourth-order valence-electron chi connectivity index (χ4n) is 9.55. The summed E-state index contributed by atoms with van der Waals surface area (Å²) in [6.07, 6.45) is 0. The van der Waals surface area contributed by atoms with Gasteiger partial charge in [0.2, 0.25) is 0 Å². The molecule has 5 nitrogen and oxygen atoms in total. The first-order chi connectivity index (χ1) is 30.7. The highest BCUT2D eigenvalue weighted by Crippen LogP contribution is 2.45. The fraction of sp³-hybridized carbons (Fsp3) is 0. The lowest BCUT2D eigenvalue weighted by Gasteiger charge is -2.16. The van der Waals surface area contributed by atoms with Crippen molar-refractivity contribution in [2.24, 2.45) is 0 Å². The number of hydrogen-bond acceptors (Lipinski definition) is 4. The molecule has 0 saturated heterocycles. The molecule has 0 fully saturated rings. The lowest BCUT2D eigenvalue weighted by Crippen LogP contribution is -2.04. The second-order valence-electron chi connectivity index (χ2n) is 15.9. The van der Waals surface area contributed by atoms with E-state index in [9.17, 15) is 0 Å². The number of aromatic nitrogens is 4. The van der Waals surface area contributed by atoms with Crippen molar-refractivity contribution < 1.29 is 4.42 Å². The van der Waals surface area contributed by atoms with Crippen LogP contribution in [0.2, 0.25) is 0 Å². The van der Waals surface area contributed by atoms with E-state index in [1.54, 1.807) is 0 Å². The smallest absolute Gasteiger partial charge is 0.166 e. The summed E-state index contributed by atoms with van der Waals surface area (Å²) in [4.78, 5) is 16.3.